The molecule has 0 saturated heterocycles. The van der Waals surface area contributed by atoms with Crippen LogP contribution in [0.4, 0.5) is 0 Å². The number of aromatic nitrogens is 1. The average Bonchev–Trinajstić information content (AvgIpc) is 1.96. The van der Waals surface area contributed by atoms with Gasteiger partial charge in [-0.05, 0) is 41.6 Å². The fraction of sp³-hybridized carbons (Fsp3) is 0.250. The smallest absolute Gasteiger partial charge is 0.309 e. The van der Waals surface area contributed by atoms with Crippen molar-refractivity contribution in [2.75, 3.05) is 0 Å². The monoisotopic (exact) mass is 277 g/mol. The molecule has 1 aromatic rings. The lowest BCUT2D eigenvalue weighted by Gasteiger charge is -2.02. The molecular weight excluding hydrogens is 269 g/mol. The molecule has 0 aromatic carbocycles. The number of nitrogens with zero attached hydrogens (tertiary/aromatic N) is 1. The summed E-state index contributed by atoms with van der Waals surface area (Å²) in [5.41, 5.74) is 0.840. The lowest BCUT2D eigenvalue weighted by molar-refractivity contribution is -0.132. The number of rotatable bonds is 1. The summed E-state index contributed by atoms with van der Waals surface area (Å²) in [6, 6.07) is 3.73. The number of aryl methyl sites for hydroxylation is 1. The van der Waals surface area contributed by atoms with Crippen molar-refractivity contribution in [1.29, 1.82) is 0 Å². The zero-order valence-electron chi connectivity index (χ0n) is 6.80. The lowest BCUT2D eigenvalue weighted by Crippen LogP contribution is -2.05. The summed E-state index contributed by atoms with van der Waals surface area (Å²) < 4.78 is 5.71. The topological polar surface area (TPSA) is 39.2 Å². The first-order valence-electron chi connectivity index (χ1n) is 3.41. The van der Waals surface area contributed by atoms with Crippen LogP contribution >= 0.6 is 22.6 Å². The first-order valence-corrected chi connectivity index (χ1v) is 4.49. The summed E-state index contributed by atoms with van der Waals surface area (Å²) in [6.45, 7) is 3.21. The lowest BCUT2D eigenvalue weighted by atomic mass is 10.4. The minimum atomic E-state index is -0.342. The van der Waals surface area contributed by atoms with E-state index < -0.39 is 0 Å². The molecule has 64 valence electrons. The molecule has 0 radical (unpaired) electrons. The van der Waals surface area contributed by atoms with E-state index in [1.165, 1.54) is 6.92 Å². The van der Waals surface area contributed by atoms with E-state index in [-0.39, 0.29) is 5.97 Å². The van der Waals surface area contributed by atoms with Gasteiger partial charge in [0.15, 0.2) is 0 Å². The molecule has 1 rings (SSSR count). The maximum absolute atomic E-state index is 10.6. The third kappa shape index (κ3) is 2.44. The predicted octanol–water partition coefficient (Wildman–Crippen LogP) is 1.92. The van der Waals surface area contributed by atoms with Gasteiger partial charge in [0.2, 0.25) is 5.88 Å². The van der Waals surface area contributed by atoms with E-state index in [4.69, 9.17) is 4.74 Å². The van der Waals surface area contributed by atoms with Crippen LogP contribution in [0.3, 0.4) is 0 Å². The van der Waals surface area contributed by atoms with E-state index in [0.717, 1.165) is 9.26 Å². The second-order valence-electron chi connectivity index (χ2n) is 2.33. The number of carbonyl (C=O) groups is 1. The van der Waals surface area contributed by atoms with Crippen molar-refractivity contribution in [3.05, 3.63) is 21.4 Å². The van der Waals surface area contributed by atoms with Crippen molar-refractivity contribution in [3.63, 3.8) is 0 Å². The third-order valence-electron chi connectivity index (χ3n) is 1.19. The summed E-state index contributed by atoms with van der Waals surface area (Å²) in [7, 11) is 0. The van der Waals surface area contributed by atoms with Gasteiger partial charge < -0.3 is 4.74 Å². The van der Waals surface area contributed by atoms with Gasteiger partial charge in [-0.25, -0.2) is 4.98 Å². The van der Waals surface area contributed by atoms with Crippen LogP contribution in [0.2, 0.25) is 0 Å². The minimum absolute atomic E-state index is 0.342. The molecule has 0 amide bonds. The number of hydrogen-bond acceptors (Lipinski definition) is 3. The van der Waals surface area contributed by atoms with E-state index in [1.807, 2.05) is 19.1 Å². The van der Waals surface area contributed by atoms with Gasteiger partial charge in [0.05, 0.1) is 3.57 Å². The summed E-state index contributed by atoms with van der Waals surface area (Å²) in [4.78, 5) is 14.7. The first kappa shape index (κ1) is 9.44. The van der Waals surface area contributed by atoms with E-state index in [9.17, 15) is 4.79 Å². The molecule has 1 aromatic heterocycles. The highest BCUT2D eigenvalue weighted by Gasteiger charge is 2.04. The normalized spacial score (nSPS) is 9.58. The van der Waals surface area contributed by atoms with Gasteiger partial charge in [0.25, 0.3) is 0 Å². The molecule has 0 aliphatic rings. The van der Waals surface area contributed by atoms with E-state index in [0.29, 0.717) is 5.88 Å². The SMILES string of the molecule is CC(=O)Oc1nc(C)ccc1I. The van der Waals surface area contributed by atoms with Crippen LogP contribution in [0.5, 0.6) is 5.88 Å². The Morgan fingerprint density at radius 1 is 1.58 bits per heavy atom. The Balaban J connectivity index is 2.97. The fourth-order valence-electron chi connectivity index (χ4n) is 0.724. The largest absolute Gasteiger partial charge is 0.406 e. The van der Waals surface area contributed by atoms with Gasteiger partial charge in [0.1, 0.15) is 0 Å². The quantitative estimate of drug-likeness (QED) is 0.581. The van der Waals surface area contributed by atoms with Crippen LogP contribution in [-0.4, -0.2) is 11.0 Å². The molecule has 0 saturated carbocycles. The van der Waals surface area contributed by atoms with Crippen LogP contribution in [0.25, 0.3) is 0 Å². The highest BCUT2D eigenvalue weighted by atomic mass is 127. The Morgan fingerprint density at radius 2 is 2.25 bits per heavy atom. The maximum Gasteiger partial charge on any atom is 0.309 e. The second-order valence-corrected chi connectivity index (χ2v) is 3.50. The highest BCUT2D eigenvalue weighted by Crippen LogP contribution is 2.17. The number of hydrogen-bond donors (Lipinski definition) is 0. The zero-order valence-corrected chi connectivity index (χ0v) is 8.95. The molecule has 12 heavy (non-hydrogen) atoms. The average molecular weight is 277 g/mol. The van der Waals surface area contributed by atoms with Gasteiger partial charge in [-0.15, -0.1) is 0 Å². The van der Waals surface area contributed by atoms with E-state index >= 15 is 0 Å². The molecule has 0 unspecified atom stereocenters. The molecule has 0 fully saturated rings. The Labute approximate surface area is 84.3 Å². The number of carbonyl (C=O) groups excluding carboxylic acids is 1. The number of esters is 1. The molecular formula is C8H8INO2. The molecule has 0 spiro atoms. The van der Waals surface area contributed by atoms with Crippen LogP contribution in [0.1, 0.15) is 12.6 Å². The third-order valence-corrected chi connectivity index (χ3v) is 2.01. The van der Waals surface area contributed by atoms with Crippen LogP contribution in [0, 0.1) is 10.5 Å². The molecule has 0 aliphatic carbocycles. The summed E-state index contributed by atoms with van der Waals surface area (Å²) in [6.07, 6.45) is 0. The predicted molar refractivity (Wildman–Crippen MR) is 53.0 cm³/mol. The number of pyridine rings is 1. The summed E-state index contributed by atoms with van der Waals surface area (Å²) in [5, 5.41) is 0. The maximum atomic E-state index is 10.6. The van der Waals surface area contributed by atoms with Gasteiger partial charge in [-0.2, -0.15) is 0 Å². The number of halogens is 1. The van der Waals surface area contributed by atoms with Crippen molar-refractivity contribution >= 4 is 28.6 Å². The molecule has 0 atom stereocenters. The van der Waals surface area contributed by atoms with Crippen molar-refractivity contribution in [1.82, 2.24) is 4.98 Å². The number of ether oxygens (including phenoxy) is 1. The van der Waals surface area contributed by atoms with Crippen molar-refractivity contribution in [2.45, 2.75) is 13.8 Å². The standard InChI is InChI=1S/C8H8INO2/c1-5-3-4-7(9)8(10-5)12-6(2)11/h3-4H,1-2H3. The zero-order chi connectivity index (χ0) is 9.14. The van der Waals surface area contributed by atoms with Crippen molar-refractivity contribution < 1.29 is 9.53 Å². The Bertz CT molecular complexity index is 312. The van der Waals surface area contributed by atoms with Gasteiger partial charge in [-0.3, -0.25) is 4.79 Å². The Morgan fingerprint density at radius 3 is 2.83 bits per heavy atom. The molecule has 4 heteroatoms. The molecule has 3 nitrogen and oxygen atoms in total. The first-order chi connectivity index (χ1) is 5.59. The molecule has 0 aliphatic heterocycles. The highest BCUT2D eigenvalue weighted by molar-refractivity contribution is 14.1. The Kier molecular flexibility index (Phi) is 3.02. The second kappa shape index (κ2) is 3.84. The van der Waals surface area contributed by atoms with Gasteiger partial charge in [0, 0.05) is 12.6 Å². The van der Waals surface area contributed by atoms with Crippen LogP contribution in [-0.2, 0) is 4.79 Å². The fourth-order valence-corrected chi connectivity index (χ4v) is 1.13. The van der Waals surface area contributed by atoms with E-state index in [2.05, 4.69) is 27.6 Å². The van der Waals surface area contributed by atoms with Crippen molar-refractivity contribution in [3.8, 4) is 5.88 Å². The van der Waals surface area contributed by atoms with Gasteiger partial charge in [-0.1, -0.05) is 0 Å². The van der Waals surface area contributed by atoms with Crippen LogP contribution in [0.15, 0.2) is 12.1 Å². The molecule has 0 bridgehead atoms. The molecule has 1 heterocycles. The van der Waals surface area contributed by atoms with Crippen molar-refractivity contribution in [2.24, 2.45) is 0 Å². The Hall–Kier alpha value is -0.650. The summed E-state index contributed by atoms with van der Waals surface area (Å²) >= 11 is 2.07. The van der Waals surface area contributed by atoms with E-state index in [1.54, 1.807) is 0 Å². The van der Waals surface area contributed by atoms with Crippen LogP contribution < -0.4 is 4.74 Å². The van der Waals surface area contributed by atoms with Gasteiger partial charge >= 0.3 is 5.97 Å². The summed E-state index contributed by atoms with van der Waals surface area (Å²) in [5.74, 6) is 0.0501. The molecule has 0 N–H and O–H groups in total. The minimum Gasteiger partial charge on any atom is -0.406 e.